The standard InChI is InChI=1S/C43H47N5O9.C2H7N/c1-4-5-6-26-7-10-28(11-8-26)29-12-14-30(15-13-29)41(54)44-22-25(2)40(53)46-24-38(52)48(3)39-31-16-18-36(50)33(21-31)32-19-27(9-17-35(32)49)20-34(43(56)57)47-37(51)23-45-42(39)55;1-2-3/h7-19,21,25,34,39,49-50H,4-6,20,22-24H2,1-3H3,(H,44,54)(H,45,55)(H,46,53)(H,47,51)(H,56,57);2-3H2,1H3. The molecule has 9 N–H and O–H groups in total. The Bertz CT molecular complexity index is 2160. The Morgan fingerprint density at radius 3 is 2.08 bits per heavy atom. The van der Waals surface area contributed by atoms with Crippen molar-refractivity contribution in [2.75, 3.05) is 33.2 Å². The number of hydrogen-bond donors (Lipinski definition) is 8. The molecule has 5 amide bonds. The van der Waals surface area contributed by atoms with E-state index in [1.807, 2.05) is 19.1 Å². The van der Waals surface area contributed by atoms with E-state index in [9.17, 15) is 44.1 Å². The maximum absolute atomic E-state index is 13.6. The largest absolute Gasteiger partial charge is 0.507 e. The Hall–Kier alpha value is -6.74. The number of aromatic hydroxyl groups is 2. The summed E-state index contributed by atoms with van der Waals surface area (Å²) in [5.41, 5.74) is 9.42. The van der Waals surface area contributed by atoms with Crippen LogP contribution in [0.1, 0.15) is 66.7 Å². The van der Waals surface area contributed by atoms with E-state index in [2.05, 4.69) is 52.5 Å². The van der Waals surface area contributed by atoms with E-state index in [-0.39, 0.29) is 47.1 Å². The third-order valence-corrected chi connectivity index (χ3v) is 9.90. The zero-order chi connectivity index (χ0) is 43.9. The van der Waals surface area contributed by atoms with Gasteiger partial charge in [-0.1, -0.05) is 75.7 Å². The van der Waals surface area contributed by atoms with Crippen molar-refractivity contribution < 1.29 is 44.1 Å². The number of fused-ring (bicyclic) bond motifs is 5. The van der Waals surface area contributed by atoms with Crippen molar-refractivity contribution in [3.8, 4) is 33.8 Å². The number of carbonyl (C=O) groups excluding carboxylic acids is 5. The molecule has 60 heavy (non-hydrogen) atoms. The number of carboxylic acids is 1. The Balaban J connectivity index is 0.00000257. The van der Waals surface area contributed by atoms with Gasteiger partial charge >= 0.3 is 5.97 Å². The van der Waals surface area contributed by atoms with Gasteiger partial charge in [0.15, 0.2) is 0 Å². The maximum Gasteiger partial charge on any atom is 0.326 e. The number of aliphatic carboxylic acids is 1. The van der Waals surface area contributed by atoms with Crippen LogP contribution in [-0.4, -0.2) is 95.0 Å². The van der Waals surface area contributed by atoms with Gasteiger partial charge in [-0.3, -0.25) is 24.0 Å². The minimum Gasteiger partial charge on any atom is -0.507 e. The molecule has 0 spiro atoms. The summed E-state index contributed by atoms with van der Waals surface area (Å²) in [7, 11) is 1.32. The van der Waals surface area contributed by atoms with Gasteiger partial charge in [-0.15, -0.1) is 0 Å². The monoisotopic (exact) mass is 822 g/mol. The summed E-state index contributed by atoms with van der Waals surface area (Å²) < 4.78 is 0. The van der Waals surface area contributed by atoms with Crippen molar-refractivity contribution in [1.29, 1.82) is 0 Å². The van der Waals surface area contributed by atoms with Gasteiger partial charge in [0.05, 0.1) is 19.0 Å². The fourth-order valence-electron chi connectivity index (χ4n) is 6.47. The SMILES string of the molecule is CCCCc1ccc(-c2ccc(C(=O)NCC(C)C(=O)NCC(=O)N(C)C3C(=O)NCC(=O)NC(C(=O)O)Cc4ccc(O)c(c4)-c4cc3ccc4O)cc2)cc1.CCN. The van der Waals surface area contributed by atoms with Crippen LogP contribution >= 0.6 is 0 Å². The number of likely N-dealkylation sites (N-methyl/N-ethyl adjacent to an activating group) is 1. The van der Waals surface area contributed by atoms with E-state index < -0.39 is 60.7 Å². The fraction of sp³-hybridized carbons (Fsp3) is 0.333. The zero-order valence-corrected chi connectivity index (χ0v) is 34.3. The van der Waals surface area contributed by atoms with Gasteiger partial charge in [0.25, 0.3) is 5.91 Å². The first-order valence-electron chi connectivity index (χ1n) is 19.8. The highest BCUT2D eigenvalue weighted by molar-refractivity contribution is 5.96. The second-order valence-corrected chi connectivity index (χ2v) is 14.5. The van der Waals surface area contributed by atoms with Crippen LogP contribution in [-0.2, 0) is 36.8 Å². The number of phenols is 2. The Morgan fingerprint density at radius 2 is 1.47 bits per heavy atom. The molecule has 3 atom stereocenters. The molecular weight excluding hydrogens is 769 g/mol. The average molecular weight is 823 g/mol. The van der Waals surface area contributed by atoms with Gasteiger partial charge < -0.3 is 47.2 Å². The molecule has 5 rings (SSSR count). The van der Waals surface area contributed by atoms with Crippen LogP contribution in [0.4, 0.5) is 0 Å². The molecule has 1 aliphatic heterocycles. The Kier molecular flexibility index (Phi) is 16.7. The van der Waals surface area contributed by atoms with Crippen LogP contribution in [0.5, 0.6) is 11.5 Å². The van der Waals surface area contributed by atoms with E-state index >= 15 is 0 Å². The summed E-state index contributed by atoms with van der Waals surface area (Å²) in [5.74, 6) is -5.75. The van der Waals surface area contributed by atoms with Gasteiger partial charge in [-0.25, -0.2) is 4.79 Å². The number of benzene rings is 4. The van der Waals surface area contributed by atoms with Crippen LogP contribution in [0.15, 0.2) is 84.9 Å². The molecule has 3 unspecified atom stereocenters. The van der Waals surface area contributed by atoms with Crippen molar-refractivity contribution in [2.24, 2.45) is 11.7 Å². The molecule has 15 nitrogen and oxygen atoms in total. The molecule has 0 saturated heterocycles. The van der Waals surface area contributed by atoms with Crippen LogP contribution in [0.2, 0.25) is 0 Å². The minimum atomic E-state index is -1.39. The molecule has 318 valence electrons. The molecular formula is C45H54N6O9. The van der Waals surface area contributed by atoms with E-state index in [1.54, 1.807) is 19.1 Å². The topological polar surface area (TPSA) is 240 Å². The first-order chi connectivity index (χ1) is 28.7. The van der Waals surface area contributed by atoms with Crippen molar-refractivity contribution in [3.05, 3.63) is 107 Å². The lowest BCUT2D eigenvalue weighted by molar-refractivity contribution is -0.142. The molecule has 4 aromatic rings. The molecule has 0 aliphatic carbocycles. The summed E-state index contributed by atoms with van der Waals surface area (Å²) in [6, 6.07) is 21.1. The highest BCUT2D eigenvalue weighted by atomic mass is 16.4. The van der Waals surface area contributed by atoms with E-state index in [4.69, 9.17) is 5.73 Å². The number of nitrogens with one attached hydrogen (secondary N) is 4. The number of carboxylic acid groups (broad SMARTS) is 1. The van der Waals surface area contributed by atoms with Crippen LogP contribution in [0, 0.1) is 5.92 Å². The molecule has 15 heteroatoms. The summed E-state index contributed by atoms with van der Waals surface area (Å²) in [6.07, 6.45) is 3.15. The number of phenolic OH excluding ortho intramolecular Hbond substituents is 2. The van der Waals surface area contributed by atoms with Crippen molar-refractivity contribution in [1.82, 2.24) is 26.2 Å². The second kappa shape index (κ2) is 21.9. The van der Waals surface area contributed by atoms with Crippen molar-refractivity contribution >= 4 is 35.5 Å². The van der Waals surface area contributed by atoms with Gasteiger partial charge in [0.1, 0.15) is 23.6 Å². The molecule has 0 saturated carbocycles. The highest BCUT2D eigenvalue weighted by Crippen LogP contribution is 2.38. The summed E-state index contributed by atoms with van der Waals surface area (Å²) in [4.78, 5) is 78.8. The minimum absolute atomic E-state index is 0.0180. The van der Waals surface area contributed by atoms with Crippen LogP contribution < -0.4 is 27.0 Å². The number of carbonyl (C=O) groups is 6. The summed E-state index contributed by atoms with van der Waals surface area (Å²) in [5, 5.41) is 41.3. The van der Waals surface area contributed by atoms with E-state index in [0.717, 1.165) is 41.8 Å². The molecule has 1 aliphatic rings. The van der Waals surface area contributed by atoms with Crippen LogP contribution in [0.3, 0.4) is 0 Å². The van der Waals surface area contributed by atoms with Crippen LogP contribution in [0.25, 0.3) is 22.3 Å². The number of nitrogens with zero attached hydrogens (tertiary/aromatic N) is 1. The Labute approximate surface area is 349 Å². The lowest BCUT2D eigenvalue weighted by atomic mass is 9.94. The first-order valence-corrected chi connectivity index (χ1v) is 19.8. The van der Waals surface area contributed by atoms with E-state index in [0.29, 0.717) is 11.1 Å². The smallest absolute Gasteiger partial charge is 0.326 e. The number of aryl methyl sites for hydroxylation is 1. The molecule has 0 aromatic heterocycles. The maximum atomic E-state index is 13.6. The van der Waals surface area contributed by atoms with Gasteiger partial charge in [-0.05, 0) is 83.6 Å². The van der Waals surface area contributed by atoms with Gasteiger partial charge in [0.2, 0.25) is 23.6 Å². The molecule has 0 radical (unpaired) electrons. The first kappa shape index (κ1) is 46.0. The highest BCUT2D eigenvalue weighted by Gasteiger charge is 2.31. The third-order valence-electron chi connectivity index (χ3n) is 9.90. The lowest BCUT2D eigenvalue weighted by Gasteiger charge is -2.29. The lowest BCUT2D eigenvalue weighted by Crippen LogP contribution is -2.50. The molecule has 0 fully saturated rings. The van der Waals surface area contributed by atoms with E-state index in [1.165, 1.54) is 49.0 Å². The van der Waals surface area contributed by atoms with Crippen molar-refractivity contribution in [2.45, 2.75) is 58.5 Å². The summed E-state index contributed by atoms with van der Waals surface area (Å²) >= 11 is 0. The second-order valence-electron chi connectivity index (χ2n) is 14.5. The number of nitrogens with two attached hydrogens (primary N) is 1. The Morgan fingerprint density at radius 1 is 0.867 bits per heavy atom. The normalized spacial score (nSPS) is 15.4. The average Bonchev–Trinajstić information content (AvgIpc) is 3.24. The quantitative estimate of drug-likeness (QED) is 0.103. The zero-order valence-electron chi connectivity index (χ0n) is 34.3. The molecule has 4 aromatic carbocycles. The number of amides is 5. The molecule has 4 bridgehead atoms. The number of hydrogen-bond acceptors (Lipinski definition) is 9. The number of unbranched alkanes of at least 4 members (excludes halogenated alkanes) is 1. The number of rotatable bonds is 12. The summed E-state index contributed by atoms with van der Waals surface area (Å²) in [6.45, 7) is 5.26. The fourth-order valence-corrected chi connectivity index (χ4v) is 6.47. The third kappa shape index (κ3) is 12.4. The predicted molar refractivity (Wildman–Crippen MR) is 227 cm³/mol. The van der Waals surface area contributed by atoms with Gasteiger partial charge in [0, 0.05) is 36.7 Å². The van der Waals surface area contributed by atoms with Crippen molar-refractivity contribution in [3.63, 3.8) is 0 Å². The van der Waals surface area contributed by atoms with Gasteiger partial charge in [-0.2, -0.15) is 0 Å². The molecule has 1 heterocycles. The predicted octanol–water partition coefficient (Wildman–Crippen LogP) is 3.66.